The number of hydrogen-bond acceptors (Lipinski definition) is 2. The van der Waals surface area contributed by atoms with Crippen molar-refractivity contribution in [2.24, 2.45) is 5.92 Å². The largest absolute Gasteiger partial charge is 0.355 e. The Bertz CT molecular complexity index is 3190. The average Bonchev–Trinajstić information content (AvgIpc) is 3.68. The molecule has 0 bridgehead atoms. The van der Waals surface area contributed by atoms with Crippen molar-refractivity contribution in [2.75, 3.05) is 10.2 Å². The van der Waals surface area contributed by atoms with E-state index in [-0.39, 0.29) is 11.3 Å². The van der Waals surface area contributed by atoms with Gasteiger partial charge in [-0.25, -0.2) is 0 Å². The van der Waals surface area contributed by atoms with Gasteiger partial charge in [0, 0.05) is 39.9 Å². The Hall–Kier alpha value is -7.94. The van der Waals surface area contributed by atoms with E-state index in [0.717, 1.165) is 34.9 Å². The molecule has 1 N–H and O–H groups in total. The summed E-state index contributed by atoms with van der Waals surface area (Å²) in [6.07, 6.45) is 8.02. The minimum Gasteiger partial charge on any atom is -0.355 e. The zero-order valence-corrected chi connectivity index (χ0v) is 35.5. The second-order valence-corrected chi connectivity index (χ2v) is 17.2. The molecule has 0 saturated carbocycles. The second kappa shape index (κ2) is 15.4. The van der Waals surface area contributed by atoms with Gasteiger partial charge in [0.2, 0.25) is 0 Å². The van der Waals surface area contributed by atoms with E-state index in [1.54, 1.807) is 0 Å². The van der Waals surface area contributed by atoms with Gasteiger partial charge in [0.15, 0.2) is 0 Å². The summed E-state index contributed by atoms with van der Waals surface area (Å²) >= 11 is 0. The van der Waals surface area contributed by atoms with Crippen LogP contribution in [-0.4, -0.2) is 0 Å². The highest BCUT2D eigenvalue weighted by Crippen LogP contribution is 2.67. The number of anilines is 5. The Morgan fingerprint density at radius 2 is 0.953 bits per heavy atom. The van der Waals surface area contributed by atoms with Crippen molar-refractivity contribution in [3.05, 3.63) is 299 Å². The van der Waals surface area contributed by atoms with E-state index in [0.29, 0.717) is 0 Å². The van der Waals surface area contributed by atoms with Crippen LogP contribution in [0.5, 0.6) is 0 Å². The molecular formula is C62H46N2. The molecule has 2 heteroatoms. The van der Waals surface area contributed by atoms with Gasteiger partial charge in [-0.3, -0.25) is 0 Å². The van der Waals surface area contributed by atoms with Crippen LogP contribution < -0.4 is 10.2 Å². The van der Waals surface area contributed by atoms with Crippen LogP contribution >= 0.6 is 0 Å². The van der Waals surface area contributed by atoms with Crippen LogP contribution in [0, 0.1) is 5.92 Å². The van der Waals surface area contributed by atoms with E-state index in [2.05, 4.69) is 265 Å². The van der Waals surface area contributed by atoms with Crippen LogP contribution in [0.2, 0.25) is 0 Å². The summed E-state index contributed by atoms with van der Waals surface area (Å²) in [5.41, 5.74) is 19.0. The first kappa shape index (κ1) is 37.8. The predicted octanol–water partition coefficient (Wildman–Crippen LogP) is 15.6. The molecule has 304 valence electrons. The number of nitrogens with zero attached hydrogens (tertiary/aromatic N) is 1. The SMILES string of the molecule is C1=CCC2C(=C1)c1cccc3c1C2(c1ccccc1)c1ccccc1C3(c1ccccc1)c1ccc(N(c2ccccc2)c2ccc(Nc3ccccc3-c3ccccc3)cc2)cc1. The molecule has 0 radical (unpaired) electrons. The van der Waals surface area contributed by atoms with Gasteiger partial charge in [-0.1, -0.05) is 200 Å². The van der Waals surface area contributed by atoms with Crippen LogP contribution in [0.4, 0.5) is 28.4 Å². The fourth-order valence-electron chi connectivity index (χ4n) is 11.5. The third-order valence-corrected chi connectivity index (χ3v) is 14.0. The molecule has 0 amide bonds. The molecule has 3 atom stereocenters. The van der Waals surface area contributed by atoms with Crippen LogP contribution in [-0.2, 0) is 10.8 Å². The highest BCUT2D eigenvalue weighted by Gasteiger charge is 2.60. The molecule has 3 aliphatic rings. The lowest BCUT2D eigenvalue weighted by molar-refractivity contribution is 0.454. The maximum absolute atomic E-state index is 3.71. The first-order valence-electron chi connectivity index (χ1n) is 22.5. The lowest BCUT2D eigenvalue weighted by Gasteiger charge is -2.51. The summed E-state index contributed by atoms with van der Waals surface area (Å²) in [5, 5.41) is 3.71. The third-order valence-electron chi connectivity index (χ3n) is 14.0. The Labute approximate surface area is 376 Å². The topological polar surface area (TPSA) is 15.3 Å². The molecule has 0 saturated heterocycles. The standard InChI is InChI=1S/C62H46N2/c1-5-20-44(21-6-1)52-28-14-18-35-59(52)63-48-38-42-51(43-39-48)64(49-26-11-4-12-27-49)50-40-36-47(37-41-50)61(45-22-7-2-8-23-45)56-32-16-17-33-57(56)62(46-24-9-3-10-25-46)55-31-15-13-29-53(55)54-30-19-34-58(61)60(54)62/h1-30,32-43,55,63H,31H2. The van der Waals surface area contributed by atoms with Crippen LogP contribution in [0.1, 0.15) is 50.9 Å². The smallest absolute Gasteiger partial charge is 0.0708 e. The molecule has 2 nitrogen and oxygen atoms in total. The van der Waals surface area contributed by atoms with Crippen molar-refractivity contribution in [2.45, 2.75) is 17.3 Å². The van der Waals surface area contributed by atoms with Crippen LogP contribution in [0.3, 0.4) is 0 Å². The Morgan fingerprint density at radius 1 is 0.422 bits per heavy atom. The molecule has 9 aromatic rings. The Balaban J connectivity index is 1.01. The van der Waals surface area contributed by atoms with Crippen molar-refractivity contribution >= 4 is 34.0 Å². The lowest BCUT2D eigenvalue weighted by Crippen LogP contribution is -2.46. The molecule has 0 fully saturated rings. The average molecular weight is 819 g/mol. The zero-order valence-electron chi connectivity index (χ0n) is 35.5. The summed E-state index contributed by atoms with van der Waals surface area (Å²) in [5.74, 6) is 0.285. The monoisotopic (exact) mass is 818 g/mol. The normalized spacial score (nSPS) is 18.9. The molecule has 12 rings (SSSR count). The summed E-state index contributed by atoms with van der Waals surface area (Å²) < 4.78 is 0. The summed E-state index contributed by atoms with van der Waals surface area (Å²) in [7, 11) is 0. The number of benzene rings is 9. The molecule has 3 unspecified atom stereocenters. The van der Waals surface area contributed by atoms with Gasteiger partial charge in [0.25, 0.3) is 0 Å². The van der Waals surface area contributed by atoms with E-state index in [4.69, 9.17) is 0 Å². The number of allylic oxidation sites excluding steroid dienone is 4. The zero-order chi connectivity index (χ0) is 42.5. The Morgan fingerprint density at radius 3 is 1.67 bits per heavy atom. The van der Waals surface area contributed by atoms with Gasteiger partial charge in [-0.2, -0.15) is 0 Å². The summed E-state index contributed by atoms with van der Waals surface area (Å²) in [6, 6.07) is 87.1. The van der Waals surface area contributed by atoms with Gasteiger partial charge < -0.3 is 10.2 Å². The lowest BCUT2D eigenvalue weighted by atomic mass is 9.50. The fourth-order valence-corrected chi connectivity index (χ4v) is 11.5. The van der Waals surface area contributed by atoms with Crippen molar-refractivity contribution in [3.63, 3.8) is 0 Å². The van der Waals surface area contributed by atoms with Crippen molar-refractivity contribution < 1.29 is 0 Å². The first-order chi connectivity index (χ1) is 31.8. The van der Waals surface area contributed by atoms with Crippen molar-refractivity contribution in [1.82, 2.24) is 0 Å². The molecule has 0 aliphatic heterocycles. The number of rotatable bonds is 9. The van der Waals surface area contributed by atoms with Gasteiger partial charge in [-0.15, -0.1) is 0 Å². The predicted molar refractivity (Wildman–Crippen MR) is 266 cm³/mol. The van der Waals surface area contributed by atoms with E-state index < -0.39 is 5.41 Å². The highest BCUT2D eigenvalue weighted by atomic mass is 15.1. The molecular weight excluding hydrogens is 773 g/mol. The summed E-state index contributed by atoms with van der Waals surface area (Å²) in [4.78, 5) is 2.36. The second-order valence-electron chi connectivity index (χ2n) is 17.2. The van der Waals surface area contributed by atoms with E-state index in [9.17, 15) is 0 Å². The molecule has 0 aromatic heterocycles. The Kier molecular flexibility index (Phi) is 9.12. The van der Waals surface area contributed by atoms with Crippen LogP contribution in [0.25, 0.3) is 16.7 Å². The first-order valence-corrected chi connectivity index (χ1v) is 22.5. The van der Waals surface area contributed by atoms with E-state index in [1.807, 2.05) is 0 Å². The molecule has 0 spiro atoms. The number of nitrogens with one attached hydrogen (secondary N) is 1. The molecule has 9 aromatic carbocycles. The maximum Gasteiger partial charge on any atom is 0.0708 e. The minimum absolute atomic E-state index is 0.285. The molecule has 64 heavy (non-hydrogen) atoms. The molecule has 0 heterocycles. The third kappa shape index (κ3) is 5.72. The van der Waals surface area contributed by atoms with Gasteiger partial charge in [0.05, 0.1) is 10.8 Å². The van der Waals surface area contributed by atoms with Crippen LogP contribution in [0.15, 0.2) is 255 Å². The van der Waals surface area contributed by atoms with Gasteiger partial charge >= 0.3 is 0 Å². The maximum atomic E-state index is 3.71. The van der Waals surface area contributed by atoms with Crippen molar-refractivity contribution in [3.8, 4) is 11.1 Å². The number of fused-ring (bicyclic) bond motifs is 5. The van der Waals surface area contributed by atoms with E-state index in [1.165, 1.54) is 61.2 Å². The fraction of sp³-hybridized carbons (Fsp3) is 0.0645. The molecule has 3 aliphatic carbocycles. The van der Waals surface area contributed by atoms with E-state index >= 15 is 0 Å². The summed E-state index contributed by atoms with van der Waals surface area (Å²) in [6.45, 7) is 0. The highest BCUT2D eigenvalue weighted by molar-refractivity contribution is 5.90. The van der Waals surface area contributed by atoms with Gasteiger partial charge in [-0.05, 0) is 117 Å². The van der Waals surface area contributed by atoms with Gasteiger partial charge in [0.1, 0.15) is 0 Å². The minimum atomic E-state index is -0.581. The quantitative estimate of drug-likeness (QED) is 0.156. The number of hydrogen-bond donors (Lipinski definition) is 1. The van der Waals surface area contributed by atoms with Crippen molar-refractivity contribution in [1.29, 1.82) is 0 Å². The number of para-hydroxylation sites is 2.